The lowest BCUT2D eigenvalue weighted by Crippen LogP contribution is -2.15. The van der Waals surface area contributed by atoms with Crippen molar-refractivity contribution in [3.05, 3.63) is 59.7 Å². The van der Waals surface area contributed by atoms with Gasteiger partial charge < -0.3 is 9.47 Å². The third kappa shape index (κ3) is 13.6. The van der Waals surface area contributed by atoms with Gasteiger partial charge in [-0.15, -0.1) is 0 Å². The molecule has 2 rings (SSSR count). The standard InChI is InChI=1S/C36H54O4/c1-5-7-9-11-13-15-17-29(3)27-39-33-23-19-31(20-24-33)35(37)36(38)32-21-25-34(26-22-32)40-28-30(4)18-16-14-12-10-8-6-2/h19-26,29-30H,5-18,27-28H2,1-4H3. The average Bonchev–Trinajstić information content (AvgIpc) is 2.98. The predicted octanol–water partition coefficient (Wildman–Crippen LogP) is 10.3. The first-order chi connectivity index (χ1) is 19.4. The van der Waals surface area contributed by atoms with Gasteiger partial charge in [0, 0.05) is 11.1 Å². The van der Waals surface area contributed by atoms with E-state index in [0.717, 1.165) is 11.5 Å². The van der Waals surface area contributed by atoms with Crippen LogP contribution in [0.5, 0.6) is 11.5 Å². The van der Waals surface area contributed by atoms with E-state index in [1.807, 2.05) is 0 Å². The van der Waals surface area contributed by atoms with Gasteiger partial charge in [-0.2, -0.15) is 0 Å². The molecule has 2 atom stereocenters. The van der Waals surface area contributed by atoms with Crippen LogP contribution in [-0.4, -0.2) is 24.8 Å². The summed E-state index contributed by atoms with van der Waals surface area (Å²) in [7, 11) is 0. The maximum Gasteiger partial charge on any atom is 0.233 e. The molecule has 0 heterocycles. The second kappa shape index (κ2) is 20.3. The highest BCUT2D eigenvalue weighted by Crippen LogP contribution is 2.20. The number of hydrogen-bond donors (Lipinski definition) is 0. The lowest BCUT2D eigenvalue weighted by atomic mass is 10.0. The van der Waals surface area contributed by atoms with Crippen LogP contribution in [0.4, 0.5) is 0 Å². The first-order valence-corrected chi connectivity index (χ1v) is 16.0. The molecule has 0 aliphatic rings. The van der Waals surface area contributed by atoms with Crippen LogP contribution in [0.25, 0.3) is 0 Å². The maximum atomic E-state index is 12.8. The average molecular weight is 551 g/mol. The molecule has 0 N–H and O–H groups in total. The van der Waals surface area contributed by atoms with Gasteiger partial charge in [-0.05, 0) is 73.2 Å². The molecule has 0 spiro atoms. The molecule has 0 radical (unpaired) electrons. The number of carbonyl (C=O) groups excluding carboxylic acids is 2. The summed E-state index contributed by atoms with van der Waals surface area (Å²) in [5, 5.41) is 0. The van der Waals surface area contributed by atoms with Gasteiger partial charge in [-0.3, -0.25) is 9.59 Å². The van der Waals surface area contributed by atoms with E-state index in [4.69, 9.17) is 9.47 Å². The van der Waals surface area contributed by atoms with E-state index in [0.29, 0.717) is 36.2 Å². The van der Waals surface area contributed by atoms with E-state index < -0.39 is 11.6 Å². The van der Waals surface area contributed by atoms with E-state index in [9.17, 15) is 9.59 Å². The first-order valence-electron chi connectivity index (χ1n) is 16.0. The minimum Gasteiger partial charge on any atom is -0.493 e. The number of ether oxygens (including phenoxy) is 2. The minimum absolute atomic E-state index is 0.376. The van der Waals surface area contributed by atoms with E-state index in [1.165, 1.54) is 89.9 Å². The normalized spacial score (nSPS) is 12.6. The van der Waals surface area contributed by atoms with Gasteiger partial charge in [0.2, 0.25) is 11.6 Å². The van der Waals surface area contributed by atoms with Crippen LogP contribution in [0.2, 0.25) is 0 Å². The number of rotatable bonds is 23. The molecule has 0 aromatic heterocycles. The Morgan fingerprint density at radius 1 is 0.525 bits per heavy atom. The van der Waals surface area contributed by atoms with E-state index >= 15 is 0 Å². The Bertz CT molecular complexity index is 868. The Morgan fingerprint density at radius 2 is 0.850 bits per heavy atom. The second-order valence-electron chi connectivity index (χ2n) is 11.7. The van der Waals surface area contributed by atoms with Crippen molar-refractivity contribution in [2.45, 2.75) is 118 Å². The van der Waals surface area contributed by atoms with Crippen LogP contribution in [0.1, 0.15) is 138 Å². The number of carbonyl (C=O) groups is 2. The Balaban J connectivity index is 1.71. The highest BCUT2D eigenvalue weighted by molar-refractivity contribution is 6.49. The molecule has 2 aromatic carbocycles. The van der Waals surface area contributed by atoms with Crippen molar-refractivity contribution in [2.75, 3.05) is 13.2 Å². The molecule has 0 saturated heterocycles. The number of benzene rings is 2. The van der Waals surface area contributed by atoms with Crippen molar-refractivity contribution < 1.29 is 19.1 Å². The Labute approximate surface area is 244 Å². The summed E-state index contributed by atoms with van der Waals surface area (Å²) < 4.78 is 11.9. The van der Waals surface area contributed by atoms with Crippen LogP contribution in [-0.2, 0) is 0 Å². The third-order valence-electron chi connectivity index (χ3n) is 7.61. The summed E-state index contributed by atoms with van der Waals surface area (Å²) in [5.41, 5.74) is 0.752. The molecule has 0 saturated carbocycles. The summed E-state index contributed by atoms with van der Waals surface area (Å²) in [5.74, 6) is 1.42. The van der Waals surface area contributed by atoms with Crippen molar-refractivity contribution in [3.8, 4) is 11.5 Å². The molecular weight excluding hydrogens is 496 g/mol. The third-order valence-corrected chi connectivity index (χ3v) is 7.61. The zero-order valence-corrected chi connectivity index (χ0v) is 25.7. The van der Waals surface area contributed by atoms with E-state index in [2.05, 4.69) is 27.7 Å². The van der Waals surface area contributed by atoms with Crippen LogP contribution in [0, 0.1) is 11.8 Å². The van der Waals surface area contributed by atoms with E-state index in [-0.39, 0.29) is 0 Å². The van der Waals surface area contributed by atoms with Gasteiger partial charge in [0.25, 0.3) is 0 Å². The molecule has 40 heavy (non-hydrogen) atoms. The molecule has 2 aromatic rings. The number of hydrogen-bond acceptors (Lipinski definition) is 4. The summed E-state index contributed by atoms with van der Waals surface area (Å²) in [4.78, 5) is 25.6. The minimum atomic E-state index is -0.510. The van der Waals surface area contributed by atoms with Crippen molar-refractivity contribution in [2.24, 2.45) is 11.8 Å². The molecule has 222 valence electrons. The van der Waals surface area contributed by atoms with Gasteiger partial charge in [0.1, 0.15) is 11.5 Å². The highest BCUT2D eigenvalue weighted by atomic mass is 16.5. The van der Waals surface area contributed by atoms with Crippen LogP contribution >= 0.6 is 0 Å². The van der Waals surface area contributed by atoms with Gasteiger partial charge >= 0.3 is 0 Å². The Kier molecular flexibility index (Phi) is 17.0. The summed E-state index contributed by atoms with van der Waals surface area (Å²) >= 11 is 0. The molecular formula is C36H54O4. The van der Waals surface area contributed by atoms with Gasteiger partial charge in [-0.25, -0.2) is 0 Å². The lowest BCUT2D eigenvalue weighted by molar-refractivity contribution is 0.0817. The molecule has 0 aliphatic heterocycles. The van der Waals surface area contributed by atoms with Gasteiger partial charge in [0.05, 0.1) is 13.2 Å². The Morgan fingerprint density at radius 3 is 1.20 bits per heavy atom. The fraction of sp³-hybridized carbons (Fsp3) is 0.611. The topological polar surface area (TPSA) is 52.6 Å². The lowest BCUT2D eigenvalue weighted by Gasteiger charge is -2.13. The quantitative estimate of drug-likeness (QED) is 0.0784. The van der Waals surface area contributed by atoms with Gasteiger partial charge in [-0.1, -0.05) is 105 Å². The summed E-state index contributed by atoms with van der Waals surface area (Å²) in [6, 6.07) is 13.8. The maximum absolute atomic E-state index is 12.8. The fourth-order valence-corrected chi connectivity index (χ4v) is 4.86. The van der Waals surface area contributed by atoms with Crippen LogP contribution in [0.15, 0.2) is 48.5 Å². The zero-order chi connectivity index (χ0) is 29.0. The molecule has 0 aliphatic carbocycles. The van der Waals surface area contributed by atoms with Crippen molar-refractivity contribution in [1.82, 2.24) is 0 Å². The molecule has 0 bridgehead atoms. The van der Waals surface area contributed by atoms with Crippen LogP contribution < -0.4 is 9.47 Å². The first kappa shape index (κ1) is 33.6. The molecule has 4 nitrogen and oxygen atoms in total. The fourth-order valence-electron chi connectivity index (χ4n) is 4.86. The summed E-state index contributed by atoms with van der Waals surface area (Å²) in [6.45, 7) is 10.2. The molecule has 4 heteroatoms. The van der Waals surface area contributed by atoms with Crippen LogP contribution in [0.3, 0.4) is 0 Å². The monoisotopic (exact) mass is 550 g/mol. The molecule has 0 amide bonds. The number of ketones is 2. The van der Waals surface area contributed by atoms with Crippen molar-refractivity contribution in [1.29, 1.82) is 0 Å². The number of Topliss-reactive ketones (excluding diaryl/α,β-unsaturated/α-hetero) is 2. The second-order valence-corrected chi connectivity index (χ2v) is 11.7. The van der Waals surface area contributed by atoms with Crippen molar-refractivity contribution >= 4 is 11.6 Å². The SMILES string of the molecule is CCCCCCCCC(C)COc1ccc(C(=O)C(=O)c2ccc(OCC(C)CCCCCCCC)cc2)cc1. The Hall–Kier alpha value is -2.62. The van der Waals surface area contributed by atoms with Crippen molar-refractivity contribution in [3.63, 3.8) is 0 Å². The summed E-state index contributed by atoms with van der Waals surface area (Å²) in [6.07, 6.45) is 18.0. The molecule has 2 unspecified atom stereocenters. The highest BCUT2D eigenvalue weighted by Gasteiger charge is 2.18. The van der Waals surface area contributed by atoms with Gasteiger partial charge in [0.15, 0.2) is 0 Å². The smallest absolute Gasteiger partial charge is 0.233 e. The molecule has 0 fully saturated rings. The zero-order valence-electron chi connectivity index (χ0n) is 25.7. The largest absolute Gasteiger partial charge is 0.493 e. The predicted molar refractivity (Wildman–Crippen MR) is 167 cm³/mol. The van der Waals surface area contributed by atoms with E-state index in [1.54, 1.807) is 48.5 Å². The number of unbranched alkanes of at least 4 members (excludes halogenated alkanes) is 10.